The Labute approximate surface area is 118 Å². The van der Waals surface area contributed by atoms with Gasteiger partial charge < -0.3 is 10.0 Å². The fourth-order valence-electron chi connectivity index (χ4n) is 2.41. The van der Waals surface area contributed by atoms with E-state index < -0.39 is 5.97 Å². The van der Waals surface area contributed by atoms with Gasteiger partial charge in [0, 0.05) is 29.9 Å². The van der Waals surface area contributed by atoms with Crippen LogP contribution in [-0.4, -0.2) is 24.2 Å². The Kier molecular flexibility index (Phi) is 4.48. The lowest BCUT2D eigenvalue weighted by molar-refractivity contribution is -0.131. The summed E-state index contributed by atoms with van der Waals surface area (Å²) >= 11 is 6.19. The van der Waals surface area contributed by atoms with Crippen molar-refractivity contribution >= 4 is 29.3 Å². The predicted octanol–water partition coefficient (Wildman–Crippen LogP) is 3.67. The number of hydrogen-bond donors (Lipinski definition) is 1. The van der Waals surface area contributed by atoms with Crippen molar-refractivity contribution in [1.82, 2.24) is 0 Å². The largest absolute Gasteiger partial charge is 0.478 e. The summed E-state index contributed by atoms with van der Waals surface area (Å²) in [5.74, 6) is -0.198. The molecule has 1 N–H and O–H groups in total. The summed E-state index contributed by atoms with van der Waals surface area (Å²) in [6.07, 6.45) is 5.07. The second kappa shape index (κ2) is 6.11. The molecule has 1 saturated heterocycles. The zero-order valence-electron chi connectivity index (χ0n) is 11.0. The molecular weight excluding hydrogens is 262 g/mol. The molecule has 1 aromatic rings. The number of halogens is 1. The molecule has 0 aliphatic carbocycles. The number of rotatable bonds is 4. The summed E-state index contributed by atoms with van der Waals surface area (Å²) in [5, 5.41) is 9.20. The summed E-state index contributed by atoms with van der Waals surface area (Å²) in [6, 6.07) is 5.79. The molecule has 0 spiro atoms. The van der Waals surface area contributed by atoms with Gasteiger partial charge in [-0.05, 0) is 36.1 Å². The van der Waals surface area contributed by atoms with Crippen LogP contribution < -0.4 is 4.90 Å². The Hall–Kier alpha value is -1.48. The first-order valence-electron chi connectivity index (χ1n) is 6.55. The highest BCUT2D eigenvalue weighted by molar-refractivity contribution is 6.32. The molecule has 1 aromatic carbocycles. The molecule has 0 amide bonds. The molecule has 1 unspecified atom stereocenters. The first-order valence-corrected chi connectivity index (χ1v) is 6.93. The van der Waals surface area contributed by atoms with Crippen molar-refractivity contribution in [2.45, 2.75) is 19.8 Å². The van der Waals surface area contributed by atoms with Gasteiger partial charge in [-0.2, -0.15) is 0 Å². The van der Waals surface area contributed by atoms with Crippen LogP contribution in [0.15, 0.2) is 24.3 Å². The van der Waals surface area contributed by atoms with Gasteiger partial charge in [-0.15, -0.1) is 0 Å². The normalized spacial score (nSPS) is 19.3. The van der Waals surface area contributed by atoms with Gasteiger partial charge in [-0.1, -0.05) is 31.0 Å². The molecule has 0 radical (unpaired) electrons. The van der Waals surface area contributed by atoms with E-state index in [9.17, 15) is 4.79 Å². The van der Waals surface area contributed by atoms with Gasteiger partial charge in [0.05, 0.1) is 0 Å². The molecule has 1 heterocycles. The predicted molar refractivity (Wildman–Crippen MR) is 78.7 cm³/mol. The number of anilines is 1. The van der Waals surface area contributed by atoms with E-state index in [1.54, 1.807) is 0 Å². The third-order valence-corrected chi connectivity index (χ3v) is 3.95. The molecule has 0 aromatic heterocycles. The van der Waals surface area contributed by atoms with Crippen LogP contribution in [0.5, 0.6) is 0 Å². The first kappa shape index (κ1) is 13.9. The molecule has 4 heteroatoms. The van der Waals surface area contributed by atoms with Crippen LogP contribution in [0, 0.1) is 5.92 Å². The number of carbonyl (C=O) groups is 1. The zero-order chi connectivity index (χ0) is 13.8. The van der Waals surface area contributed by atoms with E-state index >= 15 is 0 Å². The highest BCUT2D eigenvalue weighted by Gasteiger charge is 2.21. The van der Waals surface area contributed by atoms with Gasteiger partial charge in [0.1, 0.15) is 0 Å². The molecule has 102 valence electrons. The van der Waals surface area contributed by atoms with Crippen molar-refractivity contribution in [3.8, 4) is 0 Å². The Balaban J connectivity index is 2.13. The third-order valence-electron chi connectivity index (χ3n) is 3.62. The zero-order valence-corrected chi connectivity index (χ0v) is 11.7. The van der Waals surface area contributed by atoms with E-state index in [0.29, 0.717) is 5.02 Å². The van der Waals surface area contributed by atoms with Crippen LogP contribution in [-0.2, 0) is 4.79 Å². The van der Waals surface area contributed by atoms with Crippen molar-refractivity contribution in [1.29, 1.82) is 0 Å². The Bertz CT molecular complexity index is 499. The van der Waals surface area contributed by atoms with Gasteiger partial charge in [-0.25, -0.2) is 4.79 Å². The lowest BCUT2D eigenvalue weighted by Gasteiger charge is -2.19. The lowest BCUT2D eigenvalue weighted by Crippen LogP contribution is -2.19. The monoisotopic (exact) mass is 279 g/mol. The molecule has 19 heavy (non-hydrogen) atoms. The smallest absolute Gasteiger partial charge is 0.328 e. The summed E-state index contributed by atoms with van der Waals surface area (Å²) in [7, 11) is 0. The van der Waals surface area contributed by atoms with E-state index in [1.165, 1.54) is 18.9 Å². The SMILES string of the molecule is CCC1CCN(c2ccc(/C=C/C(=O)O)c(Cl)c2)C1. The summed E-state index contributed by atoms with van der Waals surface area (Å²) in [5.41, 5.74) is 1.85. The van der Waals surface area contributed by atoms with Gasteiger partial charge in [0.25, 0.3) is 0 Å². The highest BCUT2D eigenvalue weighted by atomic mass is 35.5. The van der Waals surface area contributed by atoms with Crippen molar-refractivity contribution in [3.63, 3.8) is 0 Å². The fraction of sp³-hybridized carbons (Fsp3) is 0.400. The fourth-order valence-corrected chi connectivity index (χ4v) is 2.65. The maximum Gasteiger partial charge on any atom is 0.328 e. The maximum absolute atomic E-state index is 10.5. The molecule has 0 bridgehead atoms. The van der Waals surface area contributed by atoms with Gasteiger partial charge in [-0.3, -0.25) is 0 Å². The number of carboxylic acids is 1. The lowest BCUT2D eigenvalue weighted by atomic mass is 10.1. The average Bonchev–Trinajstić information content (AvgIpc) is 2.85. The van der Waals surface area contributed by atoms with E-state index in [1.807, 2.05) is 18.2 Å². The van der Waals surface area contributed by atoms with Crippen LogP contribution in [0.1, 0.15) is 25.3 Å². The quantitative estimate of drug-likeness (QED) is 0.855. The standard InChI is InChI=1S/C15H18ClNO2/c1-2-11-7-8-17(10-11)13-5-3-12(14(16)9-13)4-6-15(18)19/h3-6,9,11H,2,7-8,10H2,1H3,(H,18,19)/b6-4+. The topological polar surface area (TPSA) is 40.5 Å². The number of carboxylic acid groups (broad SMARTS) is 1. The minimum Gasteiger partial charge on any atom is -0.478 e. The number of benzene rings is 1. The van der Waals surface area contributed by atoms with Crippen LogP contribution in [0.25, 0.3) is 6.08 Å². The summed E-state index contributed by atoms with van der Waals surface area (Å²) < 4.78 is 0. The molecule has 2 rings (SSSR count). The van der Waals surface area contributed by atoms with E-state index in [-0.39, 0.29) is 0 Å². The molecule has 1 aliphatic heterocycles. The molecule has 1 aliphatic rings. The second-order valence-corrected chi connectivity index (χ2v) is 5.29. The average molecular weight is 280 g/mol. The van der Waals surface area contributed by atoms with Crippen LogP contribution >= 0.6 is 11.6 Å². The third kappa shape index (κ3) is 3.51. The number of aliphatic carboxylic acids is 1. The Morgan fingerprint density at radius 3 is 2.95 bits per heavy atom. The molecular formula is C15H18ClNO2. The first-order chi connectivity index (χ1) is 9.10. The minimum atomic E-state index is -0.967. The number of nitrogens with zero attached hydrogens (tertiary/aromatic N) is 1. The van der Waals surface area contributed by atoms with Crippen molar-refractivity contribution in [2.75, 3.05) is 18.0 Å². The minimum absolute atomic E-state index is 0.593. The van der Waals surface area contributed by atoms with Crippen molar-refractivity contribution < 1.29 is 9.90 Å². The van der Waals surface area contributed by atoms with E-state index in [0.717, 1.165) is 36.3 Å². The molecule has 1 atom stereocenters. The van der Waals surface area contributed by atoms with Gasteiger partial charge in [0.2, 0.25) is 0 Å². The van der Waals surface area contributed by atoms with Crippen LogP contribution in [0.3, 0.4) is 0 Å². The van der Waals surface area contributed by atoms with Gasteiger partial charge in [0.15, 0.2) is 0 Å². The van der Waals surface area contributed by atoms with E-state index in [4.69, 9.17) is 16.7 Å². The van der Waals surface area contributed by atoms with Crippen molar-refractivity contribution in [3.05, 3.63) is 34.9 Å². The van der Waals surface area contributed by atoms with Gasteiger partial charge >= 0.3 is 5.97 Å². The van der Waals surface area contributed by atoms with Crippen molar-refractivity contribution in [2.24, 2.45) is 5.92 Å². The second-order valence-electron chi connectivity index (χ2n) is 4.89. The van der Waals surface area contributed by atoms with Crippen LogP contribution in [0.2, 0.25) is 5.02 Å². The van der Waals surface area contributed by atoms with Crippen LogP contribution in [0.4, 0.5) is 5.69 Å². The molecule has 3 nitrogen and oxygen atoms in total. The Morgan fingerprint density at radius 1 is 1.58 bits per heavy atom. The molecule has 0 saturated carbocycles. The molecule has 1 fully saturated rings. The maximum atomic E-state index is 10.5. The number of hydrogen-bond acceptors (Lipinski definition) is 2. The highest BCUT2D eigenvalue weighted by Crippen LogP contribution is 2.29. The Morgan fingerprint density at radius 2 is 2.37 bits per heavy atom. The van der Waals surface area contributed by atoms with E-state index in [2.05, 4.69) is 11.8 Å². The summed E-state index contributed by atoms with van der Waals surface area (Å²) in [4.78, 5) is 12.8. The summed E-state index contributed by atoms with van der Waals surface area (Å²) in [6.45, 7) is 4.37.